The van der Waals surface area contributed by atoms with E-state index in [0.29, 0.717) is 18.7 Å². The fraction of sp³-hybridized carbons (Fsp3) is 0.368. The number of carbonyl (C=O) groups is 1. The lowest BCUT2D eigenvalue weighted by atomic mass is 10.1. The highest BCUT2D eigenvalue weighted by atomic mass is 127. The molecule has 0 bridgehead atoms. The molecule has 0 aliphatic heterocycles. The number of aliphatic imine (C=N–C) groups is 1. The molecule has 2 rings (SSSR count). The topological polar surface area (TPSA) is 65.5 Å². The third-order valence-corrected chi connectivity index (χ3v) is 4.96. The van der Waals surface area contributed by atoms with Gasteiger partial charge in [-0.25, -0.2) is 0 Å². The second-order valence-corrected chi connectivity index (χ2v) is 6.81. The Bertz CT molecular complexity index is 713. The van der Waals surface area contributed by atoms with Gasteiger partial charge in [0.2, 0.25) is 0 Å². The van der Waals surface area contributed by atoms with E-state index in [-0.39, 0.29) is 29.9 Å². The van der Waals surface area contributed by atoms with Gasteiger partial charge in [-0.05, 0) is 43.2 Å². The van der Waals surface area contributed by atoms with Crippen molar-refractivity contribution in [2.45, 2.75) is 33.4 Å². The molecule has 7 heteroatoms. The fourth-order valence-corrected chi connectivity index (χ4v) is 3.22. The van der Waals surface area contributed by atoms with Crippen LogP contribution in [-0.2, 0) is 19.5 Å². The van der Waals surface area contributed by atoms with Crippen LogP contribution in [0.4, 0.5) is 0 Å². The van der Waals surface area contributed by atoms with Crippen LogP contribution in [0.3, 0.4) is 0 Å². The Labute approximate surface area is 176 Å². The van der Waals surface area contributed by atoms with Crippen molar-refractivity contribution in [1.82, 2.24) is 16.0 Å². The first-order valence-corrected chi connectivity index (χ1v) is 9.37. The smallest absolute Gasteiger partial charge is 0.251 e. The molecule has 0 saturated carbocycles. The summed E-state index contributed by atoms with van der Waals surface area (Å²) >= 11 is 1.82. The Hall–Kier alpha value is -1.61. The molecule has 1 amide bonds. The van der Waals surface area contributed by atoms with Crippen molar-refractivity contribution in [2.75, 3.05) is 13.6 Å². The molecular weight excluding hydrogens is 459 g/mol. The molecule has 3 N–H and O–H groups in total. The number of hydrogen-bond acceptors (Lipinski definition) is 3. The number of benzene rings is 1. The van der Waals surface area contributed by atoms with Crippen LogP contribution in [-0.4, -0.2) is 25.5 Å². The minimum Gasteiger partial charge on any atom is -0.352 e. The van der Waals surface area contributed by atoms with Gasteiger partial charge in [0.25, 0.3) is 5.91 Å². The van der Waals surface area contributed by atoms with Crippen LogP contribution < -0.4 is 16.0 Å². The van der Waals surface area contributed by atoms with Crippen molar-refractivity contribution in [2.24, 2.45) is 4.99 Å². The molecule has 0 atom stereocenters. The summed E-state index contributed by atoms with van der Waals surface area (Å²) in [6, 6.07) is 11.9. The van der Waals surface area contributed by atoms with Crippen LogP contribution in [0.2, 0.25) is 0 Å². The molecule has 26 heavy (non-hydrogen) atoms. The first-order chi connectivity index (χ1) is 12.2. The third-order valence-electron chi connectivity index (χ3n) is 3.73. The number of amides is 1. The van der Waals surface area contributed by atoms with Gasteiger partial charge in [-0.2, -0.15) is 0 Å². The van der Waals surface area contributed by atoms with E-state index in [0.717, 1.165) is 24.5 Å². The van der Waals surface area contributed by atoms with Gasteiger partial charge in [-0.15, -0.1) is 35.3 Å². The van der Waals surface area contributed by atoms with Gasteiger partial charge in [-0.3, -0.25) is 9.79 Å². The van der Waals surface area contributed by atoms with Crippen LogP contribution in [0.5, 0.6) is 0 Å². The Kier molecular flexibility index (Phi) is 10.3. The van der Waals surface area contributed by atoms with Gasteiger partial charge < -0.3 is 16.0 Å². The van der Waals surface area contributed by atoms with Gasteiger partial charge in [0.1, 0.15) is 0 Å². The number of thiophene rings is 1. The summed E-state index contributed by atoms with van der Waals surface area (Å²) in [5.41, 5.74) is 1.78. The standard InChI is InChI=1S/C19H26N4OS.HI/c1-4-16-10-11-17(25-16)13-23-19(20-3)22-12-14-6-8-15(9-7-14)18(24)21-5-2;/h6-11H,4-5,12-13H2,1-3H3,(H,21,24)(H2,20,22,23);1H. The van der Waals surface area contributed by atoms with E-state index in [1.165, 1.54) is 9.75 Å². The number of halogens is 1. The monoisotopic (exact) mass is 486 g/mol. The number of nitrogens with one attached hydrogen (secondary N) is 3. The predicted molar refractivity (Wildman–Crippen MR) is 121 cm³/mol. The highest BCUT2D eigenvalue weighted by Crippen LogP contribution is 2.16. The van der Waals surface area contributed by atoms with E-state index in [1.54, 1.807) is 7.05 Å². The lowest BCUT2D eigenvalue weighted by Crippen LogP contribution is -2.36. The van der Waals surface area contributed by atoms with E-state index < -0.39 is 0 Å². The number of guanidine groups is 1. The SMILES string of the molecule is CCNC(=O)c1ccc(CNC(=NC)NCc2ccc(CC)s2)cc1.I. The quantitative estimate of drug-likeness (QED) is 0.319. The normalized spacial score (nSPS) is 10.8. The second kappa shape index (κ2) is 11.9. The summed E-state index contributed by atoms with van der Waals surface area (Å²) in [7, 11) is 1.76. The molecule has 0 unspecified atom stereocenters. The van der Waals surface area contributed by atoms with Crippen molar-refractivity contribution in [3.05, 3.63) is 57.3 Å². The zero-order chi connectivity index (χ0) is 18.1. The minimum atomic E-state index is -0.0399. The second-order valence-electron chi connectivity index (χ2n) is 5.56. The zero-order valence-electron chi connectivity index (χ0n) is 15.5. The summed E-state index contributed by atoms with van der Waals surface area (Å²) < 4.78 is 0. The first-order valence-electron chi connectivity index (χ1n) is 8.55. The molecular formula is C19H27IN4OS. The molecule has 0 spiro atoms. The maximum atomic E-state index is 11.8. The zero-order valence-corrected chi connectivity index (χ0v) is 18.6. The fourth-order valence-electron chi connectivity index (χ4n) is 2.32. The molecule has 0 fully saturated rings. The van der Waals surface area contributed by atoms with Crippen molar-refractivity contribution < 1.29 is 4.79 Å². The van der Waals surface area contributed by atoms with Crippen molar-refractivity contribution in [3.8, 4) is 0 Å². The molecule has 1 aromatic heterocycles. The highest BCUT2D eigenvalue weighted by Gasteiger charge is 2.05. The van der Waals surface area contributed by atoms with Crippen LogP contribution in [0, 0.1) is 0 Å². The number of hydrogen-bond donors (Lipinski definition) is 3. The maximum absolute atomic E-state index is 11.8. The van der Waals surface area contributed by atoms with Crippen LogP contribution in [0.1, 0.15) is 39.5 Å². The van der Waals surface area contributed by atoms with Gasteiger partial charge in [0, 0.05) is 35.5 Å². The summed E-state index contributed by atoms with van der Waals surface area (Å²) in [4.78, 5) is 18.7. The molecule has 0 aliphatic rings. The van der Waals surface area contributed by atoms with Crippen LogP contribution in [0.25, 0.3) is 0 Å². The van der Waals surface area contributed by atoms with E-state index >= 15 is 0 Å². The third kappa shape index (κ3) is 6.95. The van der Waals surface area contributed by atoms with E-state index in [2.05, 4.69) is 40.0 Å². The lowest BCUT2D eigenvalue weighted by molar-refractivity contribution is 0.0956. The van der Waals surface area contributed by atoms with Crippen molar-refractivity contribution in [3.63, 3.8) is 0 Å². The maximum Gasteiger partial charge on any atom is 0.251 e. The van der Waals surface area contributed by atoms with Gasteiger partial charge in [0.15, 0.2) is 5.96 Å². The summed E-state index contributed by atoms with van der Waals surface area (Å²) in [6.45, 7) is 6.13. The summed E-state index contributed by atoms with van der Waals surface area (Å²) in [5, 5.41) is 9.41. The average molecular weight is 486 g/mol. The molecule has 142 valence electrons. The highest BCUT2D eigenvalue weighted by molar-refractivity contribution is 14.0. The van der Waals surface area contributed by atoms with Gasteiger partial charge in [0.05, 0.1) is 6.54 Å². The Morgan fingerprint density at radius 1 is 0.962 bits per heavy atom. The average Bonchev–Trinajstić information content (AvgIpc) is 3.10. The number of rotatable bonds is 7. The van der Waals surface area contributed by atoms with E-state index in [4.69, 9.17) is 0 Å². The molecule has 0 saturated heterocycles. The molecule has 2 aromatic rings. The van der Waals surface area contributed by atoms with Crippen LogP contribution in [0.15, 0.2) is 41.4 Å². The summed E-state index contributed by atoms with van der Waals surface area (Å²) in [5.74, 6) is 0.723. The first kappa shape index (κ1) is 22.4. The number of nitrogens with zero attached hydrogens (tertiary/aromatic N) is 1. The Balaban J connectivity index is 0.00000338. The molecule has 0 aliphatic carbocycles. The molecule has 1 aromatic carbocycles. The molecule has 5 nitrogen and oxygen atoms in total. The lowest BCUT2D eigenvalue weighted by Gasteiger charge is -2.11. The number of aryl methyl sites for hydroxylation is 1. The van der Waals surface area contributed by atoms with E-state index in [1.807, 2.05) is 42.5 Å². The molecule has 0 radical (unpaired) electrons. The minimum absolute atomic E-state index is 0. The number of carbonyl (C=O) groups excluding carboxylic acids is 1. The summed E-state index contributed by atoms with van der Waals surface area (Å²) in [6.07, 6.45) is 1.07. The van der Waals surface area contributed by atoms with Crippen LogP contribution >= 0.6 is 35.3 Å². The van der Waals surface area contributed by atoms with Crippen molar-refractivity contribution in [1.29, 1.82) is 0 Å². The van der Waals surface area contributed by atoms with Crippen molar-refractivity contribution >= 4 is 47.2 Å². The Morgan fingerprint density at radius 3 is 2.19 bits per heavy atom. The molecule has 1 heterocycles. The van der Waals surface area contributed by atoms with E-state index in [9.17, 15) is 4.79 Å². The van der Waals surface area contributed by atoms with Gasteiger partial charge in [-0.1, -0.05) is 19.1 Å². The largest absolute Gasteiger partial charge is 0.352 e. The van der Waals surface area contributed by atoms with Gasteiger partial charge >= 0.3 is 0 Å². The predicted octanol–water partition coefficient (Wildman–Crippen LogP) is 3.54. The Morgan fingerprint density at radius 2 is 1.62 bits per heavy atom.